The molecule has 0 aromatic rings. The van der Waals surface area contributed by atoms with Crippen LogP contribution < -0.4 is 5.73 Å². The van der Waals surface area contributed by atoms with E-state index in [1.807, 2.05) is 0 Å². The Morgan fingerprint density at radius 2 is 1.72 bits per heavy atom. The van der Waals surface area contributed by atoms with Crippen LogP contribution in [-0.2, 0) is 4.79 Å². The molecule has 1 amide bonds. The molecule has 1 fully saturated rings. The minimum atomic E-state index is -4.22. The van der Waals surface area contributed by atoms with Crippen molar-refractivity contribution in [2.24, 2.45) is 17.1 Å². The van der Waals surface area contributed by atoms with Gasteiger partial charge in [0, 0.05) is 18.6 Å². The maximum atomic E-state index is 12.6. The van der Waals surface area contributed by atoms with Crippen molar-refractivity contribution in [2.75, 3.05) is 13.1 Å². The van der Waals surface area contributed by atoms with E-state index in [2.05, 4.69) is 0 Å². The molecular formula is C12H21F3N2O. The number of amides is 1. The molecule has 1 aliphatic heterocycles. The lowest BCUT2D eigenvalue weighted by Gasteiger charge is -2.39. The zero-order valence-electron chi connectivity index (χ0n) is 11.3. The van der Waals surface area contributed by atoms with E-state index < -0.39 is 23.0 Å². The molecule has 1 unspecified atom stereocenters. The highest BCUT2D eigenvalue weighted by atomic mass is 19.4. The summed E-state index contributed by atoms with van der Waals surface area (Å²) in [5.41, 5.74) is 4.27. The Kier molecular flexibility index (Phi) is 3.74. The van der Waals surface area contributed by atoms with Gasteiger partial charge in [0.1, 0.15) is 0 Å². The summed E-state index contributed by atoms with van der Waals surface area (Å²) in [5, 5.41) is 0. The SMILES string of the molecule is CC(C)(N)C(C)(C)C(=O)N1CCC(C(F)(F)F)C1. The molecule has 1 heterocycles. The van der Waals surface area contributed by atoms with Crippen LogP contribution in [0, 0.1) is 11.3 Å². The molecule has 1 saturated heterocycles. The standard InChI is InChI=1S/C12H21F3N2O/c1-10(2,11(3,4)16)9(18)17-6-5-8(7-17)12(13,14)15/h8H,5-7,16H2,1-4H3. The molecule has 0 radical (unpaired) electrons. The smallest absolute Gasteiger partial charge is 0.342 e. The van der Waals surface area contributed by atoms with E-state index in [9.17, 15) is 18.0 Å². The van der Waals surface area contributed by atoms with Crippen molar-refractivity contribution in [2.45, 2.75) is 45.8 Å². The lowest BCUT2D eigenvalue weighted by molar-refractivity contribution is -0.171. The zero-order chi connectivity index (χ0) is 14.4. The fourth-order valence-electron chi connectivity index (χ4n) is 1.88. The molecule has 0 aliphatic carbocycles. The number of hydrogen-bond donors (Lipinski definition) is 1. The monoisotopic (exact) mass is 266 g/mol. The number of alkyl halides is 3. The summed E-state index contributed by atoms with van der Waals surface area (Å²) in [6.07, 6.45) is -4.24. The summed E-state index contributed by atoms with van der Waals surface area (Å²) >= 11 is 0. The van der Waals surface area contributed by atoms with Crippen molar-refractivity contribution < 1.29 is 18.0 Å². The topological polar surface area (TPSA) is 46.3 Å². The summed E-state index contributed by atoms with van der Waals surface area (Å²) in [5.74, 6) is -1.71. The second kappa shape index (κ2) is 4.40. The Bertz CT molecular complexity index is 331. The van der Waals surface area contributed by atoms with Crippen molar-refractivity contribution in [3.63, 3.8) is 0 Å². The minimum Gasteiger partial charge on any atom is -0.342 e. The molecule has 106 valence electrons. The fourth-order valence-corrected chi connectivity index (χ4v) is 1.88. The van der Waals surface area contributed by atoms with Gasteiger partial charge in [-0.15, -0.1) is 0 Å². The van der Waals surface area contributed by atoms with Gasteiger partial charge in [-0.3, -0.25) is 4.79 Å². The first kappa shape index (κ1) is 15.3. The van der Waals surface area contributed by atoms with Gasteiger partial charge in [0.15, 0.2) is 0 Å². The number of nitrogens with two attached hydrogens (primary N) is 1. The average molecular weight is 266 g/mol. The van der Waals surface area contributed by atoms with Gasteiger partial charge in [-0.1, -0.05) is 0 Å². The third-order valence-corrected chi connectivity index (χ3v) is 4.08. The van der Waals surface area contributed by atoms with E-state index in [0.717, 1.165) is 0 Å². The molecule has 0 aromatic carbocycles. The van der Waals surface area contributed by atoms with Crippen molar-refractivity contribution >= 4 is 5.91 Å². The number of nitrogens with zero attached hydrogens (tertiary/aromatic N) is 1. The number of rotatable bonds is 2. The highest BCUT2D eigenvalue weighted by Crippen LogP contribution is 2.37. The van der Waals surface area contributed by atoms with Gasteiger partial charge in [0.05, 0.1) is 11.3 Å². The lowest BCUT2D eigenvalue weighted by Crippen LogP contribution is -2.56. The molecule has 1 atom stereocenters. The summed E-state index contributed by atoms with van der Waals surface area (Å²) < 4.78 is 37.7. The Balaban J connectivity index is 2.78. The van der Waals surface area contributed by atoms with Crippen LogP contribution in [0.4, 0.5) is 13.2 Å². The molecule has 0 bridgehead atoms. The predicted molar refractivity (Wildman–Crippen MR) is 62.8 cm³/mol. The van der Waals surface area contributed by atoms with Gasteiger partial charge < -0.3 is 10.6 Å². The normalized spacial score (nSPS) is 22.4. The van der Waals surface area contributed by atoms with E-state index in [1.54, 1.807) is 27.7 Å². The minimum absolute atomic E-state index is 0.0175. The van der Waals surface area contributed by atoms with Crippen molar-refractivity contribution in [3.8, 4) is 0 Å². The lowest BCUT2D eigenvalue weighted by atomic mass is 9.74. The van der Waals surface area contributed by atoms with E-state index in [-0.39, 0.29) is 25.4 Å². The molecule has 6 heteroatoms. The van der Waals surface area contributed by atoms with Crippen molar-refractivity contribution in [1.82, 2.24) is 4.90 Å². The quantitative estimate of drug-likeness (QED) is 0.832. The number of hydrogen-bond acceptors (Lipinski definition) is 2. The van der Waals surface area contributed by atoms with Crippen molar-refractivity contribution in [3.05, 3.63) is 0 Å². The summed E-state index contributed by atoms with van der Waals surface area (Å²) in [6.45, 7) is 6.68. The van der Waals surface area contributed by atoms with Gasteiger partial charge in [-0.2, -0.15) is 13.2 Å². The third kappa shape index (κ3) is 2.79. The summed E-state index contributed by atoms with van der Waals surface area (Å²) in [6, 6.07) is 0. The van der Waals surface area contributed by atoms with Crippen LogP contribution >= 0.6 is 0 Å². The molecule has 18 heavy (non-hydrogen) atoms. The van der Waals surface area contributed by atoms with Gasteiger partial charge in [-0.25, -0.2) is 0 Å². The summed E-state index contributed by atoms with van der Waals surface area (Å²) in [4.78, 5) is 13.5. The molecule has 1 rings (SSSR count). The Labute approximate surface area is 106 Å². The third-order valence-electron chi connectivity index (χ3n) is 4.08. The van der Waals surface area contributed by atoms with Crippen LogP contribution in [0.5, 0.6) is 0 Å². The second-order valence-electron chi connectivity index (χ2n) is 6.13. The maximum absolute atomic E-state index is 12.6. The van der Waals surface area contributed by atoms with E-state index >= 15 is 0 Å². The van der Waals surface area contributed by atoms with Gasteiger partial charge in [0.2, 0.25) is 5.91 Å². The first-order valence-electron chi connectivity index (χ1n) is 6.02. The van der Waals surface area contributed by atoms with Gasteiger partial charge in [0.25, 0.3) is 0 Å². The zero-order valence-corrected chi connectivity index (χ0v) is 11.3. The number of carbonyl (C=O) groups is 1. The average Bonchev–Trinajstić information content (AvgIpc) is 2.62. The van der Waals surface area contributed by atoms with Crippen LogP contribution in [0.25, 0.3) is 0 Å². The van der Waals surface area contributed by atoms with E-state index in [0.29, 0.717) is 0 Å². The Morgan fingerprint density at radius 3 is 2.06 bits per heavy atom. The molecule has 2 N–H and O–H groups in total. The van der Waals surface area contributed by atoms with Crippen LogP contribution in [0.2, 0.25) is 0 Å². The molecular weight excluding hydrogens is 245 g/mol. The van der Waals surface area contributed by atoms with Crippen LogP contribution in [0.3, 0.4) is 0 Å². The molecule has 3 nitrogen and oxygen atoms in total. The first-order valence-corrected chi connectivity index (χ1v) is 6.02. The Hall–Kier alpha value is -0.780. The Morgan fingerprint density at radius 1 is 1.22 bits per heavy atom. The predicted octanol–water partition coefficient (Wildman–Crippen LogP) is 2.16. The van der Waals surface area contributed by atoms with Crippen LogP contribution in [0.1, 0.15) is 34.1 Å². The van der Waals surface area contributed by atoms with Gasteiger partial charge >= 0.3 is 6.18 Å². The van der Waals surface area contributed by atoms with Gasteiger partial charge in [-0.05, 0) is 34.1 Å². The van der Waals surface area contributed by atoms with E-state index in [4.69, 9.17) is 5.73 Å². The number of halogens is 3. The molecule has 0 saturated carbocycles. The summed E-state index contributed by atoms with van der Waals surface area (Å²) in [7, 11) is 0. The number of carbonyl (C=O) groups excluding carboxylic acids is 1. The molecule has 0 spiro atoms. The highest BCUT2D eigenvalue weighted by Gasteiger charge is 2.49. The van der Waals surface area contributed by atoms with E-state index in [1.165, 1.54) is 4.90 Å². The fraction of sp³-hybridized carbons (Fsp3) is 0.917. The molecule has 0 aromatic heterocycles. The largest absolute Gasteiger partial charge is 0.393 e. The van der Waals surface area contributed by atoms with Crippen LogP contribution in [-0.4, -0.2) is 35.6 Å². The molecule has 1 aliphatic rings. The van der Waals surface area contributed by atoms with Crippen LogP contribution in [0.15, 0.2) is 0 Å². The second-order valence-corrected chi connectivity index (χ2v) is 6.13. The van der Waals surface area contributed by atoms with Crippen molar-refractivity contribution in [1.29, 1.82) is 0 Å². The highest BCUT2D eigenvalue weighted by molar-refractivity contribution is 5.83. The first-order chi connectivity index (χ1) is 7.87. The number of likely N-dealkylation sites (tertiary alicyclic amines) is 1. The maximum Gasteiger partial charge on any atom is 0.393 e.